The summed E-state index contributed by atoms with van der Waals surface area (Å²) in [6.45, 7) is 0. The molecule has 0 saturated heterocycles. The zero-order chi connectivity index (χ0) is 14.9. The summed E-state index contributed by atoms with van der Waals surface area (Å²) in [5.74, 6) is -1.39. The molecular formula is C14H11BrClF2NO. The zero-order valence-corrected chi connectivity index (χ0v) is 12.8. The van der Waals surface area contributed by atoms with Gasteiger partial charge in [-0.25, -0.2) is 8.78 Å². The van der Waals surface area contributed by atoms with Gasteiger partial charge in [-0.3, -0.25) is 0 Å². The van der Waals surface area contributed by atoms with Crippen LogP contribution < -0.4 is 10.5 Å². The van der Waals surface area contributed by atoms with Crippen molar-refractivity contribution in [3.8, 4) is 5.75 Å². The predicted molar refractivity (Wildman–Crippen MR) is 78.1 cm³/mol. The third-order valence-electron chi connectivity index (χ3n) is 2.93. The Morgan fingerprint density at radius 1 is 1.20 bits per heavy atom. The number of hydrogen-bond donors (Lipinski definition) is 1. The Morgan fingerprint density at radius 2 is 1.90 bits per heavy atom. The molecule has 2 rings (SSSR count). The highest BCUT2D eigenvalue weighted by Crippen LogP contribution is 2.35. The molecule has 6 heteroatoms. The lowest BCUT2D eigenvalue weighted by atomic mass is 9.98. The molecule has 20 heavy (non-hydrogen) atoms. The summed E-state index contributed by atoms with van der Waals surface area (Å²) in [6, 6.07) is 6.73. The third kappa shape index (κ3) is 2.80. The Bertz CT molecular complexity index is 651. The van der Waals surface area contributed by atoms with E-state index in [1.165, 1.54) is 13.2 Å². The monoisotopic (exact) mass is 361 g/mol. The number of methoxy groups -OCH3 is 1. The quantitative estimate of drug-likeness (QED) is 0.820. The Balaban J connectivity index is 2.54. The van der Waals surface area contributed by atoms with Crippen molar-refractivity contribution in [2.24, 2.45) is 5.73 Å². The van der Waals surface area contributed by atoms with Crippen LogP contribution in [-0.4, -0.2) is 7.11 Å². The molecule has 0 radical (unpaired) electrons. The van der Waals surface area contributed by atoms with Gasteiger partial charge in [0, 0.05) is 10.6 Å². The van der Waals surface area contributed by atoms with Crippen LogP contribution in [0.15, 0.2) is 34.8 Å². The van der Waals surface area contributed by atoms with E-state index >= 15 is 0 Å². The van der Waals surface area contributed by atoms with E-state index in [0.29, 0.717) is 21.9 Å². The van der Waals surface area contributed by atoms with Gasteiger partial charge in [0.1, 0.15) is 5.75 Å². The average molecular weight is 363 g/mol. The molecule has 2 aromatic carbocycles. The van der Waals surface area contributed by atoms with Crippen LogP contribution in [0.2, 0.25) is 5.02 Å². The van der Waals surface area contributed by atoms with Crippen LogP contribution in [0.3, 0.4) is 0 Å². The van der Waals surface area contributed by atoms with E-state index in [0.717, 1.165) is 6.07 Å². The van der Waals surface area contributed by atoms with E-state index in [9.17, 15) is 8.78 Å². The van der Waals surface area contributed by atoms with Crippen molar-refractivity contribution in [2.45, 2.75) is 6.04 Å². The summed E-state index contributed by atoms with van der Waals surface area (Å²) in [5, 5.41) is 0.481. The van der Waals surface area contributed by atoms with E-state index in [4.69, 9.17) is 22.1 Å². The molecule has 0 saturated carbocycles. The minimum Gasteiger partial charge on any atom is -0.496 e. The topological polar surface area (TPSA) is 35.2 Å². The lowest BCUT2D eigenvalue weighted by Crippen LogP contribution is -2.14. The first-order chi connectivity index (χ1) is 9.45. The van der Waals surface area contributed by atoms with Gasteiger partial charge in [0.15, 0.2) is 11.6 Å². The van der Waals surface area contributed by atoms with Gasteiger partial charge in [-0.05, 0) is 45.8 Å². The van der Waals surface area contributed by atoms with Gasteiger partial charge >= 0.3 is 0 Å². The van der Waals surface area contributed by atoms with E-state index in [2.05, 4.69) is 15.9 Å². The largest absolute Gasteiger partial charge is 0.496 e. The summed E-state index contributed by atoms with van der Waals surface area (Å²) in [7, 11) is 1.50. The maximum Gasteiger partial charge on any atom is 0.173 e. The lowest BCUT2D eigenvalue weighted by Gasteiger charge is -2.18. The molecule has 106 valence electrons. The van der Waals surface area contributed by atoms with Crippen LogP contribution in [-0.2, 0) is 0 Å². The molecule has 0 fully saturated rings. The molecule has 2 aromatic rings. The molecule has 0 aliphatic heterocycles. The van der Waals surface area contributed by atoms with Crippen LogP contribution in [0.4, 0.5) is 8.78 Å². The molecule has 1 atom stereocenters. The molecule has 2 N–H and O–H groups in total. The van der Waals surface area contributed by atoms with E-state index < -0.39 is 17.7 Å². The third-order valence-corrected chi connectivity index (χ3v) is 3.97. The van der Waals surface area contributed by atoms with Crippen molar-refractivity contribution in [2.75, 3.05) is 7.11 Å². The van der Waals surface area contributed by atoms with Crippen LogP contribution in [0.25, 0.3) is 0 Å². The van der Waals surface area contributed by atoms with Gasteiger partial charge in [0.2, 0.25) is 0 Å². The highest BCUT2D eigenvalue weighted by molar-refractivity contribution is 9.10. The average Bonchev–Trinajstić information content (AvgIpc) is 2.44. The standard InChI is InChI=1S/C14H11BrClF2NO/c1-20-11-5-2-7(16)6-9(11)14(19)8-3-4-10(17)13(18)12(8)15/h2-6,14H,19H2,1H3. The molecule has 0 aromatic heterocycles. The Hall–Kier alpha value is -1.17. The SMILES string of the molecule is COc1ccc(Cl)cc1C(N)c1ccc(F)c(F)c1Br. The van der Waals surface area contributed by atoms with Gasteiger partial charge in [-0.2, -0.15) is 0 Å². The molecule has 0 spiro atoms. The first-order valence-electron chi connectivity index (χ1n) is 5.68. The van der Waals surface area contributed by atoms with Gasteiger partial charge in [0.25, 0.3) is 0 Å². The minimum atomic E-state index is -0.973. The molecule has 0 amide bonds. The van der Waals surface area contributed by atoms with Crippen molar-refractivity contribution in [1.82, 2.24) is 0 Å². The fourth-order valence-corrected chi connectivity index (χ4v) is 2.65. The first-order valence-corrected chi connectivity index (χ1v) is 6.85. The van der Waals surface area contributed by atoms with Crippen LogP contribution in [0.5, 0.6) is 5.75 Å². The number of rotatable bonds is 3. The molecule has 0 aliphatic rings. The second-order valence-corrected chi connectivity index (χ2v) is 5.36. The highest BCUT2D eigenvalue weighted by atomic mass is 79.9. The maximum absolute atomic E-state index is 13.6. The summed E-state index contributed by atoms with van der Waals surface area (Å²) in [5.41, 5.74) is 7.12. The van der Waals surface area contributed by atoms with E-state index in [-0.39, 0.29) is 4.47 Å². The van der Waals surface area contributed by atoms with Crippen molar-refractivity contribution in [1.29, 1.82) is 0 Å². The highest BCUT2D eigenvalue weighted by Gasteiger charge is 2.20. The number of ether oxygens (including phenoxy) is 1. The number of hydrogen-bond acceptors (Lipinski definition) is 2. The van der Waals surface area contributed by atoms with Gasteiger partial charge in [-0.15, -0.1) is 0 Å². The van der Waals surface area contributed by atoms with Crippen molar-refractivity contribution >= 4 is 27.5 Å². The summed E-state index contributed by atoms with van der Waals surface area (Å²) >= 11 is 8.97. The molecule has 0 bridgehead atoms. The minimum absolute atomic E-state index is 0.00738. The van der Waals surface area contributed by atoms with Crippen molar-refractivity contribution in [3.63, 3.8) is 0 Å². The number of nitrogens with two attached hydrogens (primary N) is 1. The summed E-state index contributed by atoms with van der Waals surface area (Å²) in [6.07, 6.45) is 0. The van der Waals surface area contributed by atoms with Gasteiger partial charge in [0.05, 0.1) is 17.6 Å². The fourth-order valence-electron chi connectivity index (χ4n) is 1.90. The van der Waals surface area contributed by atoms with Crippen LogP contribution in [0, 0.1) is 11.6 Å². The molecular weight excluding hydrogens is 352 g/mol. The number of halogens is 4. The van der Waals surface area contributed by atoms with Crippen molar-refractivity contribution < 1.29 is 13.5 Å². The summed E-state index contributed by atoms with van der Waals surface area (Å²) in [4.78, 5) is 0. The van der Waals surface area contributed by atoms with Gasteiger partial charge in [-0.1, -0.05) is 17.7 Å². The van der Waals surface area contributed by atoms with Crippen LogP contribution in [0.1, 0.15) is 17.2 Å². The lowest BCUT2D eigenvalue weighted by molar-refractivity contribution is 0.407. The molecule has 2 nitrogen and oxygen atoms in total. The Labute approximate surface area is 128 Å². The Morgan fingerprint density at radius 3 is 2.55 bits per heavy atom. The maximum atomic E-state index is 13.6. The van der Waals surface area contributed by atoms with E-state index in [1.807, 2.05) is 0 Å². The smallest absolute Gasteiger partial charge is 0.173 e. The second-order valence-electron chi connectivity index (χ2n) is 4.13. The Kier molecular flexibility index (Phi) is 4.62. The summed E-state index contributed by atoms with van der Waals surface area (Å²) < 4.78 is 31.9. The zero-order valence-electron chi connectivity index (χ0n) is 10.5. The predicted octanol–water partition coefficient (Wildman–Crippen LogP) is 4.44. The number of benzene rings is 2. The van der Waals surface area contributed by atoms with Gasteiger partial charge < -0.3 is 10.5 Å². The fraction of sp³-hybridized carbons (Fsp3) is 0.143. The normalized spacial score (nSPS) is 12.3. The van der Waals surface area contributed by atoms with Crippen LogP contribution >= 0.6 is 27.5 Å². The molecule has 0 aliphatic carbocycles. The second kappa shape index (κ2) is 6.08. The molecule has 0 heterocycles. The first kappa shape index (κ1) is 15.2. The molecule has 1 unspecified atom stereocenters. The van der Waals surface area contributed by atoms with E-state index in [1.54, 1.807) is 18.2 Å². The van der Waals surface area contributed by atoms with Crippen molar-refractivity contribution in [3.05, 3.63) is 62.6 Å².